The summed E-state index contributed by atoms with van der Waals surface area (Å²) in [6.07, 6.45) is 0.968. The third kappa shape index (κ3) is 2.46. The molecule has 0 aliphatic rings. The summed E-state index contributed by atoms with van der Waals surface area (Å²) < 4.78 is 4.77. The summed E-state index contributed by atoms with van der Waals surface area (Å²) in [5.74, 6) is 0. The minimum atomic E-state index is 0.288. The molecule has 20 heavy (non-hydrogen) atoms. The molecule has 1 atom stereocenters. The van der Waals surface area contributed by atoms with Crippen molar-refractivity contribution in [3.8, 4) is 0 Å². The number of hydrogen-bond donors (Lipinski definition) is 2. The van der Waals surface area contributed by atoms with Gasteiger partial charge in [0.25, 0.3) is 0 Å². The number of hydrogen-bond acceptors (Lipinski definition) is 6. The number of aryl methyl sites for hydroxylation is 1. The van der Waals surface area contributed by atoms with Crippen LogP contribution in [-0.2, 0) is 6.42 Å². The number of rotatable bonds is 4. The second kappa shape index (κ2) is 5.13. The van der Waals surface area contributed by atoms with Crippen molar-refractivity contribution in [1.82, 2.24) is 10.3 Å². The SMILES string of the molecule is Cc1ccc(CC(C)Nc2ccc(N)c3nonc23)s1. The first-order valence-corrected chi connectivity index (χ1v) is 7.27. The third-order valence-electron chi connectivity index (χ3n) is 3.15. The van der Waals surface area contributed by atoms with Crippen LogP contribution in [-0.4, -0.2) is 16.4 Å². The normalized spacial score (nSPS) is 12.7. The predicted molar refractivity (Wildman–Crippen MR) is 82.1 cm³/mol. The zero-order chi connectivity index (χ0) is 14.1. The summed E-state index contributed by atoms with van der Waals surface area (Å²) in [5.41, 5.74) is 8.60. The van der Waals surface area contributed by atoms with Gasteiger partial charge in [-0.3, -0.25) is 0 Å². The van der Waals surface area contributed by atoms with Gasteiger partial charge in [0.1, 0.15) is 0 Å². The van der Waals surface area contributed by atoms with E-state index in [9.17, 15) is 0 Å². The van der Waals surface area contributed by atoms with E-state index < -0.39 is 0 Å². The van der Waals surface area contributed by atoms with Gasteiger partial charge < -0.3 is 11.1 Å². The maximum absolute atomic E-state index is 5.84. The quantitative estimate of drug-likeness (QED) is 0.721. The van der Waals surface area contributed by atoms with Crippen molar-refractivity contribution in [3.05, 3.63) is 34.0 Å². The van der Waals surface area contributed by atoms with Crippen LogP contribution in [0.5, 0.6) is 0 Å². The number of aromatic nitrogens is 2. The Labute approximate surface area is 120 Å². The van der Waals surface area contributed by atoms with E-state index in [1.165, 1.54) is 9.75 Å². The number of thiophene rings is 1. The smallest absolute Gasteiger partial charge is 0.160 e. The summed E-state index contributed by atoms with van der Waals surface area (Å²) in [6.45, 7) is 4.27. The fourth-order valence-electron chi connectivity index (χ4n) is 2.22. The summed E-state index contributed by atoms with van der Waals surface area (Å²) in [5, 5.41) is 11.2. The predicted octanol–water partition coefficient (Wildman–Crippen LogP) is 3.22. The molecule has 0 aliphatic heterocycles. The Kier molecular flexibility index (Phi) is 3.31. The van der Waals surface area contributed by atoms with Crippen molar-refractivity contribution in [2.75, 3.05) is 11.1 Å². The molecule has 3 rings (SSSR count). The summed E-state index contributed by atoms with van der Waals surface area (Å²) >= 11 is 1.83. The van der Waals surface area contributed by atoms with Crippen molar-refractivity contribution in [3.63, 3.8) is 0 Å². The van der Waals surface area contributed by atoms with Crippen LogP contribution in [0, 0.1) is 6.92 Å². The lowest BCUT2D eigenvalue weighted by Crippen LogP contribution is -2.17. The number of benzene rings is 1. The molecule has 1 unspecified atom stereocenters. The van der Waals surface area contributed by atoms with Gasteiger partial charge in [-0.15, -0.1) is 11.3 Å². The molecule has 0 saturated carbocycles. The molecule has 0 spiro atoms. The molecule has 3 N–H and O–H groups in total. The standard InChI is InChI=1S/C14H16N4OS/c1-8(7-10-4-3-9(2)20-10)16-12-6-5-11(15)13-14(12)18-19-17-13/h3-6,8,16H,7,15H2,1-2H3. The Morgan fingerprint density at radius 3 is 2.80 bits per heavy atom. The molecule has 0 amide bonds. The molecule has 0 aliphatic carbocycles. The average Bonchev–Trinajstić information content (AvgIpc) is 3.02. The van der Waals surface area contributed by atoms with Gasteiger partial charge in [-0.2, -0.15) is 0 Å². The fraction of sp³-hybridized carbons (Fsp3) is 0.286. The van der Waals surface area contributed by atoms with Crippen LogP contribution in [0.1, 0.15) is 16.7 Å². The van der Waals surface area contributed by atoms with Crippen molar-refractivity contribution < 1.29 is 4.63 Å². The zero-order valence-corrected chi connectivity index (χ0v) is 12.2. The van der Waals surface area contributed by atoms with Crippen molar-refractivity contribution in [1.29, 1.82) is 0 Å². The minimum absolute atomic E-state index is 0.288. The fourth-order valence-corrected chi connectivity index (χ4v) is 3.23. The van der Waals surface area contributed by atoms with Gasteiger partial charge in [0.15, 0.2) is 11.0 Å². The monoisotopic (exact) mass is 288 g/mol. The number of nitrogens with one attached hydrogen (secondary N) is 1. The second-order valence-corrected chi connectivity index (χ2v) is 6.30. The van der Waals surface area contributed by atoms with E-state index in [4.69, 9.17) is 10.4 Å². The Hall–Kier alpha value is -2.08. The molecule has 2 aromatic heterocycles. The molecule has 0 saturated heterocycles. The Balaban J connectivity index is 1.79. The maximum Gasteiger partial charge on any atom is 0.160 e. The van der Waals surface area contributed by atoms with Gasteiger partial charge in [-0.05, 0) is 48.4 Å². The van der Waals surface area contributed by atoms with Gasteiger partial charge >= 0.3 is 0 Å². The molecule has 5 nitrogen and oxygen atoms in total. The van der Waals surface area contributed by atoms with Crippen LogP contribution in [0.4, 0.5) is 11.4 Å². The number of nitrogen functional groups attached to an aromatic ring is 1. The molecular weight excluding hydrogens is 272 g/mol. The first-order chi connectivity index (χ1) is 9.63. The van der Waals surface area contributed by atoms with E-state index in [1.54, 1.807) is 0 Å². The van der Waals surface area contributed by atoms with E-state index in [-0.39, 0.29) is 6.04 Å². The second-order valence-electron chi connectivity index (χ2n) is 4.93. The molecule has 6 heteroatoms. The van der Waals surface area contributed by atoms with Crippen molar-refractivity contribution >= 4 is 33.7 Å². The maximum atomic E-state index is 5.84. The number of fused-ring (bicyclic) bond motifs is 1. The highest BCUT2D eigenvalue weighted by Crippen LogP contribution is 2.26. The number of anilines is 2. The van der Waals surface area contributed by atoms with Crippen LogP contribution in [0.15, 0.2) is 28.9 Å². The zero-order valence-electron chi connectivity index (χ0n) is 11.4. The lowest BCUT2D eigenvalue weighted by Gasteiger charge is -2.14. The highest BCUT2D eigenvalue weighted by molar-refractivity contribution is 7.11. The van der Waals surface area contributed by atoms with Crippen LogP contribution in [0.3, 0.4) is 0 Å². The van der Waals surface area contributed by atoms with Gasteiger partial charge in [-0.25, -0.2) is 4.63 Å². The lowest BCUT2D eigenvalue weighted by molar-refractivity contribution is 0.315. The van der Waals surface area contributed by atoms with E-state index >= 15 is 0 Å². The molecule has 0 bridgehead atoms. The van der Waals surface area contributed by atoms with Crippen LogP contribution >= 0.6 is 11.3 Å². The molecule has 0 radical (unpaired) electrons. The molecule has 0 fully saturated rings. The van der Waals surface area contributed by atoms with E-state index in [2.05, 4.69) is 41.6 Å². The summed E-state index contributed by atoms with van der Waals surface area (Å²) in [4.78, 5) is 2.70. The van der Waals surface area contributed by atoms with E-state index in [1.807, 2.05) is 23.5 Å². The first-order valence-electron chi connectivity index (χ1n) is 6.46. The molecule has 1 aromatic carbocycles. The van der Waals surface area contributed by atoms with E-state index in [0.29, 0.717) is 16.7 Å². The van der Waals surface area contributed by atoms with Crippen LogP contribution in [0.25, 0.3) is 11.0 Å². The van der Waals surface area contributed by atoms with Crippen LogP contribution in [0.2, 0.25) is 0 Å². The Morgan fingerprint density at radius 1 is 1.25 bits per heavy atom. The highest BCUT2D eigenvalue weighted by atomic mass is 32.1. The number of nitrogens with two attached hydrogens (primary N) is 1. The third-order valence-corrected chi connectivity index (χ3v) is 4.17. The average molecular weight is 288 g/mol. The van der Waals surface area contributed by atoms with E-state index in [0.717, 1.165) is 12.1 Å². The van der Waals surface area contributed by atoms with Crippen LogP contribution < -0.4 is 11.1 Å². The molecule has 3 aromatic rings. The van der Waals surface area contributed by atoms with Crippen molar-refractivity contribution in [2.24, 2.45) is 0 Å². The minimum Gasteiger partial charge on any atom is -0.397 e. The molecule has 104 valence electrons. The van der Waals surface area contributed by atoms with Crippen molar-refractivity contribution in [2.45, 2.75) is 26.3 Å². The first kappa shape index (κ1) is 12.9. The highest BCUT2D eigenvalue weighted by Gasteiger charge is 2.12. The Morgan fingerprint density at radius 2 is 2.05 bits per heavy atom. The van der Waals surface area contributed by atoms with Gasteiger partial charge in [0.2, 0.25) is 0 Å². The van der Waals surface area contributed by atoms with Gasteiger partial charge in [0.05, 0.1) is 11.4 Å². The summed E-state index contributed by atoms with van der Waals surface area (Å²) in [7, 11) is 0. The molecule has 2 heterocycles. The van der Waals surface area contributed by atoms with Gasteiger partial charge in [-0.1, -0.05) is 0 Å². The Bertz CT molecular complexity index is 734. The van der Waals surface area contributed by atoms with Gasteiger partial charge in [0, 0.05) is 22.2 Å². The largest absolute Gasteiger partial charge is 0.397 e. The summed E-state index contributed by atoms with van der Waals surface area (Å²) in [6, 6.07) is 8.34. The molecular formula is C14H16N4OS. The lowest BCUT2D eigenvalue weighted by atomic mass is 10.1. The topological polar surface area (TPSA) is 77.0 Å². The number of nitrogens with zero attached hydrogens (tertiary/aromatic N) is 2.